The number of nitrogens with zero attached hydrogens (tertiary/aromatic N) is 3. The van der Waals surface area contributed by atoms with Crippen LogP contribution in [0, 0.1) is 0 Å². The number of thioether (sulfide) groups is 1. The van der Waals surface area contributed by atoms with Crippen LogP contribution in [0.2, 0.25) is 5.02 Å². The van der Waals surface area contributed by atoms with Gasteiger partial charge in [-0.3, -0.25) is 9.36 Å². The molecule has 1 amide bonds. The molecule has 0 unspecified atom stereocenters. The highest BCUT2D eigenvalue weighted by Gasteiger charge is 2.31. The summed E-state index contributed by atoms with van der Waals surface area (Å²) >= 11 is 7.24. The van der Waals surface area contributed by atoms with E-state index in [0.29, 0.717) is 24.1 Å². The van der Waals surface area contributed by atoms with Crippen molar-refractivity contribution in [3.63, 3.8) is 0 Å². The number of para-hydroxylation sites is 1. The van der Waals surface area contributed by atoms with Crippen molar-refractivity contribution in [1.29, 1.82) is 0 Å². The molecule has 1 aliphatic carbocycles. The van der Waals surface area contributed by atoms with E-state index in [1.165, 1.54) is 11.8 Å². The van der Waals surface area contributed by atoms with Gasteiger partial charge in [-0.05, 0) is 49.2 Å². The summed E-state index contributed by atoms with van der Waals surface area (Å²) in [5.41, 5.74) is 1.03. The lowest BCUT2D eigenvalue weighted by Crippen LogP contribution is -2.29. The Morgan fingerprint density at radius 3 is 2.62 bits per heavy atom. The maximum Gasteiger partial charge on any atom is 0.230 e. The molecule has 1 heterocycles. The predicted molar refractivity (Wildman–Crippen MR) is 114 cm³/mol. The van der Waals surface area contributed by atoms with Gasteiger partial charge in [0.15, 0.2) is 5.16 Å². The summed E-state index contributed by atoms with van der Waals surface area (Å²) in [5.74, 6) is 2.38. The maximum absolute atomic E-state index is 12.2. The number of aromatic nitrogens is 3. The van der Waals surface area contributed by atoms with Crippen molar-refractivity contribution in [1.82, 2.24) is 20.1 Å². The lowest BCUT2D eigenvalue weighted by molar-refractivity contribution is -0.118. The molecule has 0 radical (unpaired) electrons. The number of ether oxygens (including phenoxy) is 1. The minimum absolute atomic E-state index is 0.0645. The molecule has 0 spiro atoms. The summed E-state index contributed by atoms with van der Waals surface area (Å²) in [6.45, 7) is 0.824. The first kappa shape index (κ1) is 19.8. The number of hydrogen-bond donors (Lipinski definition) is 1. The summed E-state index contributed by atoms with van der Waals surface area (Å²) in [6.07, 6.45) is 2.29. The Labute approximate surface area is 178 Å². The van der Waals surface area contributed by atoms with E-state index in [4.69, 9.17) is 16.3 Å². The molecule has 150 valence electrons. The SMILES string of the molecule is O=C(CSc1nnc(C2CC2)n1-c1ccccc1)NCCOc1ccc(Cl)cc1. The number of nitrogens with one attached hydrogen (secondary N) is 1. The summed E-state index contributed by atoms with van der Waals surface area (Å²) in [7, 11) is 0. The second-order valence-corrected chi connectivity index (χ2v) is 8.11. The zero-order chi connectivity index (χ0) is 20.1. The van der Waals surface area contributed by atoms with E-state index < -0.39 is 0 Å². The van der Waals surface area contributed by atoms with E-state index in [-0.39, 0.29) is 11.7 Å². The number of benzene rings is 2. The van der Waals surface area contributed by atoms with Gasteiger partial charge in [0.2, 0.25) is 5.91 Å². The highest BCUT2D eigenvalue weighted by Crippen LogP contribution is 2.41. The molecule has 3 aromatic rings. The summed E-state index contributed by atoms with van der Waals surface area (Å²) in [6, 6.07) is 17.2. The van der Waals surface area contributed by atoms with Crippen molar-refractivity contribution >= 4 is 29.3 Å². The molecule has 1 aliphatic rings. The van der Waals surface area contributed by atoms with Crippen LogP contribution >= 0.6 is 23.4 Å². The molecular weight excluding hydrogens is 408 g/mol. The molecule has 1 N–H and O–H groups in total. The molecule has 8 heteroatoms. The Kier molecular flexibility index (Phi) is 6.36. The van der Waals surface area contributed by atoms with Crippen molar-refractivity contribution in [2.75, 3.05) is 18.9 Å². The van der Waals surface area contributed by atoms with Crippen LogP contribution in [0.15, 0.2) is 59.8 Å². The van der Waals surface area contributed by atoms with Crippen molar-refractivity contribution in [3.05, 3.63) is 65.4 Å². The zero-order valence-electron chi connectivity index (χ0n) is 15.8. The van der Waals surface area contributed by atoms with Crippen LogP contribution in [0.25, 0.3) is 5.69 Å². The third-order valence-electron chi connectivity index (χ3n) is 4.45. The Morgan fingerprint density at radius 2 is 1.90 bits per heavy atom. The highest BCUT2D eigenvalue weighted by atomic mass is 35.5. The lowest BCUT2D eigenvalue weighted by Gasteiger charge is -2.10. The minimum Gasteiger partial charge on any atom is -0.492 e. The molecule has 0 atom stereocenters. The van der Waals surface area contributed by atoms with Crippen molar-refractivity contribution in [2.45, 2.75) is 23.9 Å². The molecule has 6 nitrogen and oxygen atoms in total. The third kappa shape index (κ3) is 5.31. The fourth-order valence-corrected chi connectivity index (χ4v) is 3.79. The lowest BCUT2D eigenvalue weighted by atomic mass is 10.3. The van der Waals surface area contributed by atoms with Crippen molar-refractivity contribution < 1.29 is 9.53 Å². The molecule has 0 bridgehead atoms. The molecule has 0 saturated heterocycles. The summed E-state index contributed by atoms with van der Waals surface area (Å²) in [4.78, 5) is 12.2. The first-order chi connectivity index (χ1) is 14.2. The van der Waals surface area contributed by atoms with Crippen LogP contribution in [0.1, 0.15) is 24.6 Å². The fourth-order valence-electron chi connectivity index (χ4n) is 2.87. The highest BCUT2D eigenvalue weighted by molar-refractivity contribution is 7.99. The van der Waals surface area contributed by atoms with E-state index in [0.717, 1.165) is 35.3 Å². The Morgan fingerprint density at radius 1 is 1.14 bits per heavy atom. The first-order valence-corrected chi connectivity index (χ1v) is 10.9. The molecular formula is C21H21ClN4O2S. The first-order valence-electron chi connectivity index (χ1n) is 9.49. The average Bonchev–Trinajstić information content (AvgIpc) is 3.51. The van der Waals surface area contributed by atoms with Crippen LogP contribution in [0.3, 0.4) is 0 Å². The number of rotatable bonds is 9. The van der Waals surface area contributed by atoms with Gasteiger partial charge in [0.1, 0.15) is 18.2 Å². The van der Waals surface area contributed by atoms with Gasteiger partial charge in [-0.25, -0.2) is 0 Å². The quantitative estimate of drug-likeness (QED) is 0.410. The van der Waals surface area contributed by atoms with Crippen molar-refractivity contribution in [2.24, 2.45) is 0 Å². The number of carbonyl (C=O) groups excluding carboxylic acids is 1. The summed E-state index contributed by atoms with van der Waals surface area (Å²) in [5, 5.41) is 13.0. The van der Waals surface area contributed by atoms with E-state index in [9.17, 15) is 4.79 Å². The van der Waals surface area contributed by atoms with Gasteiger partial charge in [0.25, 0.3) is 0 Å². The van der Waals surface area contributed by atoms with Gasteiger partial charge in [0, 0.05) is 16.6 Å². The smallest absolute Gasteiger partial charge is 0.230 e. The summed E-state index contributed by atoms with van der Waals surface area (Å²) < 4.78 is 7.65. The van der Waals surface area contributed by atoms with Gasteiger partial charge in [-0.15, -0.1) is 10.2 Å². The number of amides is 1. The molecule has 1 fully saturated rings. The predicted octanol–water partition coefficient (Wildman–Crippen LogP) is 4.09. The van der Waals surface area contributed by atoms with Crippen LogP contribution in [0.4, 0.5) is 0 Å². The van der Waals surface area contributed by atoms with Crippen LogP contribution < -0.4 is 10.1 Å². The number of halogens is 1. The fraction of sp³-hybridized carbons (Fsp3) is 0.286. The molecule has 1 aromatic heterocycles. The standard InChI is InChI=1S/C21H21ClN4O2S/c22-16-8-10-18(11-9-16)28-13-12-23-19(27)14-29-21-25-24-20(15-6-7-15)26(21)17-4-2-1-3-5-17/h1-5,8-11,15H,6-7,12-14H2,(H,23,27). The Hall–Kier alpha value is -2.51. The number of hydrogen-bond acceptors (Lipinski definition) is 5. The second-order valence-electron chi connectivity index (χ2n) is 6.73. The van der Waals surface area contributed by atoms with Gasteiger partial charge in [-0.1, -0.05) is 41.6 Å². The van der Waals surface area contributed by atoms with Gasteiger partial charge < -0.3 is 10.1 Å². The Balaban J connectivity index is 1.29. The number of carbonyl (C=O) groups is 1. The average molecular weight is 429 g/mol. The Bertz CT molecular complexity index is 959. The van der Waals surface area contributed by atoms with Crippen LogP contribution in [-0.4, -0.2) is 39.6 Å². The third-order valence-corrected chi connectivity index (χ3v) is 5.64. The van der Waals surface area contributed by atoms with Crippen LogP contribution in [0.5, 0.6) is 5.75 Å². The molecule has 0 aliphatic heterocycles. The second kappa shape index (κ2) is 9.33. The molecule has 2 aromatic carbocycles. The largest absolute Gasteiger partial charge is 0.492 e. The zero-order valence-corrected chi connectivity index (χ0v) is 17.3. The maximum atomic E-state index is 12.2. The van der Waals surface area contributed by atoms with E-state index in [1.54, 1.807) is 24.3 Å². The van der Waals surface area contributed by atoms with E-state index in [2.05, 4.69) is 20.1 Å². The van der Waals surface area contributed by atoms with E-state index in [1.807, 2.05) is 30.3 Å². The minimum atomic E-state index is -0.0645. The van der Waals surface area contributed by atoms with Crippen molar-refractivity contribution in [3.8, 4) is 11.4 Å². The van der Waals surface area contributed by atoms with Gasteiger partial charge >= 0.3 is 0 Å². The van der Waals surface area contributed by atoms with Gasteiger partial charge in [0.05, 0.1) is 12.3 Å². The molecule has 1 saturated carbocycles. The molecule has 29 heavy (non-hydrogen) atoms. The normalized spacial score (nSPS) is 13.3. The topological polar surface area (TPSA) is 69.0 Å². The van der Waals surface area contributed by atoms with Crippen LogP contribution in [-0.2, 0) is 4.79 Å². The molecule has 4 rings (SSSR count). The van der Waals surface area contributed by atoms with Gasteiger partial charge in [-0.2, -0.15) is 0 Å². The van der Waals surface area contributed by atoms with E-state index >= 15 is 0 Å². The monoisotopic (exact) mass is 428 g/mol.